The van der Waals surface area contributed by atoms with Crippen molar-refractivity contribution in [3.05, 3.63) is 50.2 Å². The maximum absolute atomic E-state index is 9.16. The quantitative estimate of drug-likeness (QED) is 0.589. The summed E-state index contributed by atoms with van der Waals surface area (Å²) in [5.41, 5.74) is 1.23. The first-order valence-electron chi connectivity index (χ1n) is 6.10. The molecule has 0 unspecified atom stereocenters. The molecule has 0 spiro atoms. The van der Waals surface area contributed by atoms with E-state index in [1.807, 2.05) is 12.1 Å². The number of rotatable bonds is 3. The Morgan fingerprint density at radius 3 is 2.50 bits per heavy atom. The summed E-state index contributed by atoms with van der Waals surface area (Å²) in [4.78, 5) is 8.73. The molecule has 3 nitrogen and oxygen atoms in total. The average molecular weight is 394 g/mol. The highest BCUT2D eigenvalue weighted by Crippen LogP contribution is 2.43. The number of hydrogen-bond acceptors (Lipinski definition) is 3. The van der Waals surface area contributed by atoms with Crippen molar-refractivity contribution in [3.63, 3.8) is 0 Å². The number of nitrogens with zero attached hydrogens (tertiary/aromatic N) is 1. The number of aromatic amines is 1. The number of benzene rings is 2. The van der Waals surface area contributed by atoms with Crippen molar-refractivity contribution < 1.29 is 5.11 Å². The van der Waals surface area contributed by atoms with Gasteiger partial charge < -0.3 is 10.1 Å². The van der Waals surface area contributed by atoms with Crippen LogP contribution in [0.4, 0.5) is 0 Å². The summed E-state index contributed by atoms with van der Waals surface area (Å²) >= 11 is 26.0. The standard InChI is InChI=1S/C14H8Cl4N2OS/c15-6-1-2-9(7(16)3-6)22-10-4-8-14(13(18)12(10)17)20-11(5-21)19-8/h1-4,21H,5H2,(H,19,20). The van der Waals surface area contributed by atoms with Crippen LogP contribution in [-0.4, -0.2) is 15.1 Å². The third-order valence-electron chi connectivity index (χ3n) is 2.94. The van der Waals surface area contributed by atoms with Crippen molar-refractivity contribution in [1.82, 2.24) is 9.97 Å². The Morgan fingerprint density at radius 1 is 1.05 bits per heavy atom. The summed E-state index contributed by atoms with van der Waals surface area (Å²) in [6, 6.07) is 7.06. The minimum atomic E-state index is -0.200. The molecule has 0 saturated carbocycles. The van der Waals surface area contributed by atoms with Crippen molar-refractivity contribution in [3.8, 4) is 0 Å². The number of H-pyrrole nitrogens is 1. The molecule has 3 rings (SSSR count). The molecule has 0 aliphatic rings. The van der Waals surface area contributed by atoms with Crippen molar-refractivity contribution in [2.24, 2.45) is 0 Å². The second-order valence-corrected chi connectivity index (χ2v) is 7.10. The van der Waals surface area contributed by atoms with Crippen LogP contribution >= 0.6 is 58.2 Å². The Balaban J connectivity index is 2.08. The lowest BCUT2D eigenvalue weighted by atomic mass is 10.3. The van der Waals surface area contributed by atoms with Gasteiger partial charge in [0.15, 0.2) is 0 Å². The van der Waals surface area contributed by atoms with E-state index >= 15 is 0 Å². The Bertz CT molecular complexity index is 866. The van der Waals surface area contributed by atoms with Crippen LogP contribution in [0.15, 0.2) is 34.1 Å². The number of aliphatic hydroxyl groups is 1. The smallest absolute Gasteiger partial charge is 0.133 e. The zero-order valence-corrected chi connectivity index (χ0v) is 14.7. The normalized spacial score (nSPS) is 11.3. The Hall–Kier alpha value is -0.620. The highest BCUT2D eigenvalue weighted by atomic mass is 35.5. The number of halogens is 4. The van der Waals surface area contributed by atoms with E-state index in [4.69, 9.17) is 51.5 Å². The van der Waals surface area contributed by atoms with Gasteiger partial charge in [0, 0.05) is 14.8 Å². The number of nitrogens with one attached hydrogen (secondary N) is 1. The second kappa shape index (κ2) is 6.48. The molecule has 2 aromatic carbocycles. The fraction of sp³-hybridized carbons (Fsp3) is 0.0714. The molecule has 0 radical (unpaired) electrons. The maximum atomic E-state index is 9.16. The molecular weight excluding hydrogens is 386 g/mol. The van der Waals surface area contributed by atoms with Crippen molar-refractivity contribution >= 4 is 69.2 Å². The topological polar surface area (TPSA) is 48.9 Å². The molecule has 22 heavy (non-hydrogen) atoms. The summed E-state index contributed by atoms with van der Waals surface area (Å²) in [7, 11) is 0. The number of hydrogen-bond donors (Lipinski definition) is 2. The molecule has 0 aliphatic heterocycles. The van der Waals surface area contributed by atoms with E-state index in [0.717, 1.165) is 9.79 Å². The van der Waals surface area contributed by atoms with E-state index in [1.165, 1.54) is 11.8 Å². The molecule has 0 amide bonds. The van der Waals surface area contributed by atoms with Crippen LogP contribution in [0.25, 0.3) is 11.0 Å². The number of imidazole rings is 1. The number of aromatic nitrogens is 2. The summed E-state index contributed by atoms with van der Waals surface area (Å²) in [5.74, 6) is 0.430. The van der Waals surface area contributed by atoms with Crippen LogP contribution in [-0.2, 0) is 6.61 Å². The Kier molecular flexibility index (Phi) is 4.78. The second-order valence-electron chi connectivity index (χ2n) is 4.42. The molecular formula is C14H8Cl4N2OS. The zero-order chi connectivity index (χ0) is 15.9. The van der Waals surface area contributed by atoms with E-state index in [2.05, 4.69) is 9.97 Å². The van der Waals surface area contributed by atoms with Crippen LogP contribution in [0.5, 0.6) is 0 Å². The highest BCUT2D eigenvalue weighted by molar-refractivity contribution is 7.99. The Labute approximate surface area is 150 Å². The predicted octanol–water partition coefficient (Wildman–Crippen LogP) is 5.82. The SMILES string of the molecule is OCc1nc2c(Cl)c(Cl)c(Sc3ccc(Cl)cc3Cl)cc2[nH]1. The third-order valence-corrected chi connectivity index (χ3v) is 5.68. The largest absolute Gasteiger partial charge is 0.388 e. The summed E-state index contributed by atoms with van der Waals surface area (Å²) in [5, 5.41) is 11.0. The van der Waals surface area contributed by atoms with Gasteiger partial charge >= 0.3 is 0 Å². The molecule has 0 aliphatic carbocycles. The van der Waals surface area contributed by atoms with Crippen LogP contribution in [0.3, 0.4) is 0 Å². The minimum absolute atomic E-state index is 0.200. The van der Waals surface area contributed by atoms with Crippen molar-refractivity contribution in [2.75, 3.05) is 0 Å². The summed E-state index contributed by atoms with van der Waals surface area (Å²) in [6.07, 6.45) is 0. The van der Waals surface area contributed by atoms with Crippen LogP contribution in [0.2, 0.25) is 20.1 Å². The Morgan fingerprint density at radius 2 is 1.82 bits per heavy atom. The van der Waals surface area contributed by atoms with Gasteiger partial charge in [0.25, 0.3) is 0 Å². The summed E-state index contributed by atoms with van der Waals surface area (Å²) < 4.78 is 0. The lowest BCUT2D eigenvalue weighted by molar-refractivity contribution is 0.273. The van der Waals surface area contributed by atoms with Crippen LogP contribution < -0.4 is 0 Å². The van der Waals surface area contributed by atoms with Gasteiger partial charge in [0.05, 0.1) is 20.6 Å². The third kappa shape index (κ3) is 3.04. The predicted molar refractivity (Wildman–Crippen MR) is 92.6 cm³/mol. The van der Waals surface area contributed by atoms with E-state index in [0.29, 0.717) is 36.9 Å². The first-order chi connectivity index (χ1) is 10.5. The van der Waals surface area contributed by atoms with Crippen molar-refractivity contribution in [2.45, 2.75) is 16.4 Å². The summed E-state index contributed by atoms with van der Waals surface area (Å²) in [6.45, 7) is -0.200. The number of fused-ring (bicyclic) bond motifs is 1. The minimum Gasteiger partial charge on any atom is -0.388 e. The highest BCUT2D eigenvalue weighted by Gasteiger charge is 2.16. The van der Waals surface area contributed by atoms with Gasteiger partial charge in [0.2, 0.25) is 0 Å². The van der Waals surface area contributed by atoms with Gasteiger partial charge in [-0.25, -0.2) is 4.98 Å². The number of aliphatic hydroxyl groups excluding tert-OH is 1. The van der Waals surface area contributed by atoms with E-state index in [1.54, 1.807) is 12.1 Å². The molecule has 1 aromatic heterocycles. The molecule has 8 heteroatoms. The monoisotopic (exact) mass is 392 g/mol. The molecule has 0 atom stereocenters. The zero-order valence-electron chi connectivity index (χ0n) is 10.8. The van der Waals surface area contributed by atoms with Gasteiger partial charge in [-0.15, -0.1) is 0 Å². The van der Waals surface area contributed by atoms with E-state index in [-0.39, 0.29) is 6.61 Å². The lowest BCUT2D eigenvalue weighted by Crippen LogP contribution is -1.83. The van der Waals surface area contributed by atoms with Gasteiger partial charge in [0.1, 0.15) is 17.9 Å². The molecule has 2 N–H and O–H groups in total. The fourth-order valence-electron chi connectivity index (χ4n) is 1.94. The molecule has 0 fully saturated rings. The molecule has 3 aromatic rings. The van der Waals surface area contributed by atoms with Gasteiger partial charge in [-0.2, -0.15) is 0 Å². The van der Waals surface area contributed by atoms with Crippen LogP contribution in [0.1, 0.15) is 5.82 Å². The maximum Gasteiger partial charge on any atom is 0.133 e. The van der Waals surface area contributed by atoms with E-state index in [9.17, 15) is 0 Å². The average Bonchev–Trinajstić information content (AvgIpc) is 2.90. The molecule has 114 valence electrons. The van der Waals surface area contributed by atoms with Crippen LogP contribution in [0, 0.1) is 0 Å². The van der Waals surface area contributed by atoms with Crippen molar-refractivity contribution in [1.29, 1.82) is 0 Å². The van der Waals surface area contributed by atoms with E-state index < -0.39 is 0 Å². The molecule has 0 saturated heterocycles. The molecule has 1 heterocycles. The lowest BCUT2D eigenvalue weighted by Gasteiger charge is -2.08. The fourth-order valence-corrected chi connectivity index (χ4v) is 3.93. The van der Waals surface area contributed by atoms with Gasteiger partial charge in [-0.1, -0.05) is 58.2 Å². The van der Waals surface area contributed by atoms with Gasteiger partial charge in [-0.3, -0.25) is 0 Å². The first kappa shape index (κ1) is 16.2. The van der Waals surface area contributed by atoms with Gasteiger partial charge in [-0.05, 0) is 24.3 Å². The molecule has 0 bridgehead atoms. The first-order valence-corrected chi connectivity index (χ1v) is 8.42.